The molecule has 0 radical (unpaired) electrons. The van der Waals surface area contributed by atoms with Crippen LogP contribution in [0.5, 0.6) is 0 Å². The van der Waals surface area contributed by atoms with E-state index >= 15 is 0 Å². The molecule has 0 spiro atoms. The minimum atomic E-state index is 0.793. The molecule has 2 N–H and O–H groups in total. The molecular weight excluding hydrogens is 292 g/mol. The number of hydrogen-bond donors (Lipinski definition) is 1. The van der Waals surface area contributed by atoms with Crippen molar-refractivity contribution in [3.8, 4) is 5.69 Å². The third kappa shape index (κ3) is 1.83. The molecule has 4 aromatic carbocycles. The molecule has 0 aliphatic carbocycles. The first-order valence-corrected chi connectivity index (χ1v) is 8.09. The molecule has 1 aromatic heterocycles. The Hall–Kier alpha value is -3.26. The zero-order valence-electron chi connectivity index (χ0n) is 13.1. The molecule has 114 valence electrons. The molecule has 2 heteroatoms. The van der Waals surface area contributed by atoms with Crippen LogP contribution in [0.2, 0.25) is 0 Å². The van der Waals surface area contributed by atoms with Crippen LogP contribution in [0.4, 0.5) is 5.69 Å². The summed E-state index contributed by atoms with van der Waals surface area (Å²) in [5, 5.41) is 4.92. The van der Waals surface area contributed by atoms with Gasteiger partial charge in [-0.1, -0.05) is 48.5 Å². The largest absolute Gasteiger partial charge is 0.399 e. The first kappa shape index (κ1) is 13.2. The number of anilines is 1. The molecule has 5 rings (SSSR count). The second kappa shape index (κ2) is 4.87. The van der Waals surface area contributed by atoms with Crippen LogP contribution >= 0.6 is 0 Å². The van der Waals surface area contributed by atoms with Crippen molar-refractivity contribution in [1.29, 1.82) is 0 Å². The van der Waals surface area contributed by atoms with E-state index in [1.807, 2.05) is 12.1 Å². The summed E-state index contributed by atoms with van der Waals surface area (Å²) in [6.45, 7) is 0. The van der Waals surface area contributed by atoms with Crippen molar-refractivity contribution in [2.24, 2.45) is 0 Å². The average molecular weight is 308 g/mol. The van der Waals surface area contributed by atoms with Gasteiger partial charge in [-0.3, -0.25) is 0 Å². The number of nitrogens with two attached hydrogens (primary N) is 1. The number of aromatic nitrogens is 1. The fourth-order valence-corrected chi connectivity index (χ4v) is 3.59. The lowest BCUT2D eigenvalue weighted by atomic mass is 10.1. The monoisotopic (exact) mass is 308 g/mol. The maximum Gasteiger partial charge on any atom is 0.0541 e. The molecule has 0 saturated heterocycles. The van der Waals surface area contributed by atoms with Gasteiger partial charge in [0.05, 0.1) is 11.0 Å². The van der Waals surface area contributed by atoms with Crippen LogP contribution in [0.1, 0.15) is 0 Å². The molecule has 1 heterocycles. The fourth-order valence-electron chi connectivity index (χ4n) is 3.59. The number of para-hydroxylation sites is 2. The van der Waals surface area contributed by atoms with E-state index in [4.69, 9.17) is 5.73 Å². The van der Waals surface area contributed by atoms with Gasteiger partial charge >= 0.3 is 0 Å². The first-order valence-electron chi connectivity index (χ1n) is 8.09. The number of benzene rings is 4. The van der Waals surface area contributed by atoms with Gasteiger partial charge in [-0.2, -0.15) is 0 Å². The first-order chi connectivity index (χ1) is 11.8. The van der Waals surface area contributed by atoms with Crippen molar-refractivity contribution < 1.29 is 0 Å². The lowest BCUT2D eigenvalue weighted by Crippen LogP contribution is -1.94. The van der Waals surface area contributed by atoms with E-state index in [-0.39, 0.29) is 0 Å². The van der Waals surface area contributed by atoms with Gasteiger partial charge in [0.2, 0.25) is 0 Å². The maximum absolute atomic E-state index is 5.97. The number of nitrogens with zero attached hydrogens (tertiary/aromatic N) is 1. The Balaban J connectivity index is 1.91. The molecule has 5 aromatic rings. The standard InChI is InChI=1S/C22H16N2/c23-17-11-9-15-10-12-18(14-16(15)13-17)24-21-7-3-1-5-19(21)20-6-2-4-8-22(20)24/h1-14H,23H2. The van der Waals surface area contributed by atoms with Crippen LogP contribution in [-0.4, -0.2) is 4.57 Å². The highest BCUT2D eigenvalue weighted by Crippen LogP contribution is 2.32. The smallest absolute Gasteiger partial charge is 0.0541 e. The molecule has 0 aliphatic rings. The topological polar surface area (TPSA) is 30.9 Å². The van der Waals surface area contributed by atoms with Gasteiger partial charge in [-0.25, -0.2) is 0 Å². The second-order valence-electron chi connectivity index (χ2n) is 6.16. The highest BCUT2D eigenvalue weighted by atomic mass is 15.0. The molecule has 0 unspecified atom stereocenters. The van der Waals surface area contributed by atoms with Crippen LogP contribution in [-0.2, 0) is 0 Å². The predicted molar refractivity (Wildman–Crippen MR) is 103 cm³/mol. The van der Waals surface area contributed by atoms with Gasteiger partial charge in [0.1, 0.15) is 0 Å². The summed E-state index contributed by atoms with van der Waals surface area (Å²) in [5.41, 5.74) is 10.4. The SMILES string of the molecule is Nc1ccc2ccc(-n3c4ccccc4c4ccccc43)cc2c1. The van der Waals surface area contributed by atoms with Crippen molar-refractivity contribution in [1.82, 2.24) is 4.57 Å². The van der Waals surface area contributed by atoms with E-state index in [0.29, 0.717) is 0 Å². The lowest BCUT2D eigenvalue weighted by Gasteiger charge is -2.09. The van der Waals surface area contributed by atoms with E-state index in [1.54, 1.807) is 0 Å². The third-order valence-corrected chi connectivity index (χ3v) is 4.69. The average Bonchev–Trinajstić information content (AvgIpc) is 2.95. The summed E-state index contributed by atoms with van der Waals surface area (Å²) in [6, 6.07) is 29.7. The van der Waals surface area contributed by atoms with E-state index < -0.39 is 0 Å². The predicted octanol–water partition coefficient (Wildman–Crippen LogP) is 5.52. The minimum Gasteiger partial charge on any atom is -0.399 e. The normalized spacial score (nSPS) is 11.5. The van der Waals surface area contributed by atoms with Crippen molar-refractivity contribution >= 4 is 38.3 Å². The van der Waals surface area contributed by atoms with E-state index in [1.165, 1.54) is 27.2 Å². The number of nitrogen functional groups attached to an aromatic ring is 1. The number of rotatable bonds is 1. The van der Waals surface area contributed by atoms with Gasteiger partial charge < -0.3 is 10.3 Å². The van der Waals surface area contributed by atoms with Crippen LogP contribution in [0.15, 0.2) is 84.9 Å². The highest BCUT2D eigenvalue weighted by molar-refractivity contribution is 6.09. The molecule has 24 heavy (non-hydrogen) atoms. The van der Waals surface area contributed by atoms with Crippen LogP contribution < -0.4 is 5.73 Å². The van der Waals surface area contributed by atoms with Crippen molar-refractivity contribution in [2.45, 2.75) is 0 Å². The molecule has 0 bridgehead atoms. The Morgan fingerprint density at radius 1 is 0.583 bits per heavy atom. The molecule has 0 fully saturated rings. The van der Waals surface area contributed by atoms with Crippen molar-refractivity contribution in [2.75, 3.05) is 5.73 Å². The molecule has 0 saturated carbocycles. The quantitative estimate of drug-likeness (QED) is 0.406. The van der Waals surface area contributed by atoms with Crippen molar-refractivity contribution in [3.63, 3.8) is 0 Å². The van der Waals surface area contributed by atoms with E-state index in [2.05, 4.69) is 77.4 Å². The highest BCUT2D eigenvalue weighted by Gasteiger charge is 2.11. The Morgan fingerprint density at radius 2 is 1.21 bits per heavy atom. The molecule has 0 atom stereocenters. The van der Waals surface area contributed by atoms with E-state index in [9.17, 15) is 0 Å². The minimum absolute atomic E-state index is 0.793. The van der Waals surface area contributed by atoms with Crippen molar-refractivity contribution in [3.05, 3.63) is 84.9 Å². The molecule has 0 aliphatic heterocycles. The zero-order valence-corrected chi connectivity index (χ0v) is 13.1. The zero-order chi connectivity index (χ0) is 16.1. The lowest BCUT2D eigenvalue weighted by molar-refractivity contribution is 1.19. The van der Waals surface area contributed by atoms with Gasteiger partial charge in [0.25, 0.3) is 0 Å². The fraction of sp³-hybridized carbons (Fsp3) is 0. The maximum atomic E-state index is 5.97. The van der Waals surface area contributed by atoms with Gasteiger partial charge in [-0.05, 0) is 47.2 Å². The number of hydrogen-bond acceptors (Lipinski definition) is 1. The van der Waals surface area contributed by atoms with Crippen LogP contribution in [0.3, 0.4) is 0 Å². The second-order valence-corrected chi connectivity index (χ2v) is 6.16. The van der Waals surface area contributed by atoms with Crippen LogP contribution in [0.25, 0.3) is 38.3 Å². The number of fused-ring (bicyclic) bond motifs is 4. The van der Waals surface area contributed by atoms with Gasteiger partial charge in [-0.15, -0.1) is 0 Å². The summed E-state index contributed by atoms with van der Waals surface area (Å²) in [6.07, 6.45) is 0. The Kier molecular flexibility index (Phi) is 2.68. The van der Waals surface area contributed by atoms with E-state index in [0.717, 1.165) is 16.8 Å². The summed E-state index contributed by atoms with van der Waals surface area (Å²) in [7, 11) is 0. The molecule has 0 amide bonds. The third-order valence-electron chi connectivity index (χ3n) is 4.69. The molecular formula is C22H16N2. The summed E-state index contributed by atoms with van der Waals surface area (Å²) >= 11 is 0. The Bertz CT molecular complexity index is 1160. The van der Waals surface area contributed by atoms with Gasteiger partial charge in [0.15, 0.2) is 0 Å². The summed E-state index contributed by atoms with van der Waals surface area (Å²) in [5.74, 6) is 0. The summed E-state index contributed by atoms with van der Waals surface area (Å²) in [4.78, 5) is 0. The van der Waals surface area contributed by atoms with Crippen LogP contribution in [0, 0.1) is 0 Å². The summed E-state index contributed by atoms with van der Waals surface area (Å²) < 4.78 is 2.33. The van der Waals surface area contributed by atoms with Gasteiger partial charge in [0, 0.05) is 22.1 Å². The Labute approximate surface area is 139 Å². The Morgan fingerprint density at radius 3 is 1.92 bits per heavy atom. The molecule has 2 nitrogen and oxygen atoms in total.